The van der Waals surface area contributed by atoms with Crippen molar-refractivity contribution in [3.05, 3.63) is 12.2 Å². The standard InChI is InChI=1S/C15H18/c1-2-14(3-4-14)12-8(1)11-9-7-10(9)13(12)15(11)5-6-15/h1-2,8-13H,3-7H2/t8-,9-,10+,11-,12+,13+/m1/s1. The van der Waals surface area contributed by atoms with Gasteiger partial charge in [-0.25, -0.2) is 0 Å². The monoisotopic (exact) mass is 198 g/mol. The van der Waals surface area contributed by atoms with E-state index in [1.54, 1.807) is 32.1 Å². The van der Waals surface area contributed by atoms with Crippen LogP contribution in [0.15, 0.2) is 12.2 Å². The topological polar surface area (TPSA) is 0 Å². The Kier molecular flexibility index (Phi) is 0.787. The highest BCUT2D eigenvalue weighted by molar-refractivity contribution is 5.37. The quantitative estimate of drug-likeness (QED) is 0.524. The third-order valence-electron chi connectivity index (χ3n) is 7.33. The van der Waals surface area contributed by atoms with Gasteiger partial charge in [0.15, 0.2) is 0 Å². The second kappa shape index (κ2) is 1.65. The van der Waals surface area contributed by atoms with Crippen molar-refractivity contribution in [3.8, 4) is 0 Å². The Morgan fingerprint density at radius 1 is 0.867 bits per heavy atom. The van der Waals surface area contributed by atoms with Gasteiger partial charge in [0.2, 0.25) is 0 Å². The number of hydrogen-bond acceptors (Lipinski definition) is 0. The van der Waals surface area contributed by atoms with Crippen molar-refractivity contribution in [2.24, 2.45) is 46.3 Å². The van der Waals surface area contributed by atoms with Gasteiger partial charge in [-0.3, -0.25) is 0 Å². The normalized spacial score (nSPS) is 66.1. The molecule has 0 heteroatoms. The van der Waals surface area contributed by atoms with Gasteiger partial charge in [0.25, 0.3) is 0 Å². The second-order valence-corrected chi connectivity index (χ2v) is 7.54. The molecule has 0 N–H and O–H groups in total. The summed E-state index contributed by atoms with van der Waals surface area (Å²) in [6.45, 7) is 0. The lowest BCUT2D eigenvalue weighted by molar-refractivity contribution is 0.196. The molecule has 6 aliphatic carbocycles. The van der Waals surface area contributed by atoms with Crippen molar-refractivity contribution in [2.45, 2.75) is 32.1 Å². The molecule has 6 aliphatic rings. The molecule has 0 amide bonds. The molecule has 6 atom stereocenters. The maximum atomic E-state index is 2.68. The summed E-state index contributed by atoms with van der Waals surface area (Å²) >= 11 is 0. The van der Waals surface area contributed by atoms with Crippen LogP contribution in [-0.4, -0.2) is 0 Å². The van der Waals surface area contributed by atoms with Crippen LogP contribution in [0.2, 0.25) is 0 Å². The van der Waals surface area contributed by atoms with E-state index in [9.17, 15) is 0 Å². The summed E-state index contributed by atoms with van der Waals surface area (Å²) in [5, 5.41) is 0. The summed E-state index contributed by atoms with van der Waals surface area (Å²) in [4.78, 5) is 0. The molecule has 0 aromatic carbocycles. The molecule has 5 fully saturated rings. The van der Waals surface area contributed by atoms with E-state index in [2.05, 4.69) is 12.2 Å². The maximum absolute atomic E-state index is 2.68. The van der Waals surface area contributed by atoms with Crippen LogP contribution in [0.5, 0.6) is 0 Å². The lowest BCUT2D eigenvalue weighted by atomic mass is 9.75. The Labute approximate surface area is 91.1 Å². The minimum atomic E-state index is 0.771. The van der Waals surface area contributed by atoms with E-state index in [1.807, 2.05) is 0 Å². The first kappa shape index (κ1) is 7.14. The van der Waals surface area contributed by atoms with Crippen LogP contribution in [0.3, 0.4) is 0 Å². The average molecular weight is 198 g/mol. The lowest BCUT2D eigenvalue weighted by Crippen LogP contribution is -2.25. The third-order valence-corrected chi connectivity index (χ3v) is 7.33. The second-order valence-electron chi connectivity index (χ2n) is 7.54. The van der Waals surface area contributed by atoms with Gasteiger partial charge in [0.05, 0.1) is 0 Å². The summed E-state index contributed by atoms with van der Waals surface area (Å²) in [5.41, 5.74) is 1.70. The molecule has 0 radical (unpaired) electrons. The van der Waals surface area contributed by atoms with E-state index in [-0.39, 0.29) is 0 Å². The fourth-order valence-electron chi connectivity index (χ4n) is 6.74. The SMILES string of the molecule is C1=CC2(CC2)[C@H]2[C@H]1[C@@H]1[C@@H]3C[C@@H]3[C@@H]2C12CC2. The zero-order valence-electron chi connectivity index (χ0n) is 9.15. The first-order valence-electron chi connectivity index (χ1n) is 7.05. The Bertz CT molecular complexity index is 410. The molecular formula is C15H18. The van der Waals surface area contributed by atoms with E-state index >= 15 is 0 Å². The van der Waals surface area contributed by atoms with Gasteiger partial charge in [-0.05, 0) is 78.4 Å². The van der Waals surface area contributed by atoms with Crippen molar-refractivity contribution in [1.29, 1.82) is 0 Å². The van der Waals surface area contributed by atoms with E-state index in [4.69, 9.17) is 0 Å². The van der Waals surface area contributed by atoms with E-state index < -0.39 is 0 Å². The fourth-order valence-corrected chi connectivity index (χ4v) is 6.74. The molecular weight excluding hydrogens is 180 g/mol. The minimum absolute atomic E-state index is 0.771. The minimum Gasteiger partial charge on any atom is -0.0842 e. The maximum Gasteiger partial charge on any atom is -0.00806 e. The predicted molar refractivity (Wildman–Crippen MR) is 58.0 cm³/mol. The van der Waals surface area contributed by atoms with E-state index in [0.717, 1.165) is 22.7 Å². The van der Waals surface area contributed by atoms with Crippen LogP contribution >= 0.6 is 0 Å². The molecule has 0 saturated heterocycles. The largest absolute Gasteiger partial charge is 0.0842 e. The number of fused-ring (bicyclic) bond motifs is 7. The highest BCUT2D eigenvalue weighted by atomic mass is 14.9. The Hall–Kier alpha value is -0.260. The average Bonchev–Trinajstić information content (AvgIpc) is 3.07. The molecule has 78 valence electrons. The summed E-state index contributed by atoms with van der Waals surface area (Å²) in [5.74, 6) is 7.01. The molecule has 0 aromatic heterocycles. The first-order chi connectivity index (χ1) is 7.36. The zero-order chi connectivity index (χ0) is 9.41. The van der Waals surface area contributed by atoms with E-state index in [0.29, 0.717) is 0 Å². The predicted octanol–water partition coefficient (Wildman–Crippen LogP) is 3.24. The first-order valence-corrected chi connectivity index (χ1v) is 7.05. The molecule has 0 aromatic rings. The van der Waals surface area contributed by atoms with Crippen molar-refractivity contribution < 1.29 is 0 Å². The van der Waals surface area contributed by atoms with Gasteiger partial charge in [-0.15, -0.1) is 0 Å². The van der Waals surface area contributed by atoms with Crippen molar-refractivity contribution >= 4 is 0 Å². The molecule has 0 aliphatic heterocycles. The van der Waals surface area contributed by atoms with Crippen LogP contribution in [0.1, 0.15) is 32.1 Å². The number of rotatable bonds is 0. The smallest absolute Gasteiger partial charge is 0.00806 e. The van der Waals surface area contributed by atoms with Gasteiger partial charge in [-0.2, -0.15) is 0 Å². The Morgan fingerprint density at radius 2 is 1.67 bits per heavy atom. The van der Waals surface area contributed by atoms with Crippen LogP contribution < -0.4 is 0 Å². The lowest BCUT2D eigenvalue weighted by Gasteiger charge is -2.29. The van der Waals surface area contributed by atoms with Gasteiger partial charge in [0.1, 0.15) is 0 Å². The van der Waals surface area contributed by atoms with Gasteiger partial charge in [0, 0.05) is 0 Å². The summed E-state index contributed by atoms with van der Waals surface area (Å²) < 4.78 is 0. The van der Waals surface area contributed by atoms with Crippen LogP contribution in [0.4, 0.5) is 0 Å². The zero-order valence-corrected chi connectivity index (χ0v) is 9.15. The molecule has 0 nitrogen and oxygen atoms in total. The molecule has 5 saturated carbocycles. The van der Waals surface area contributed by atoms with Crippen molar-refractivity contribution in [3.63, 3.8) is 0 Å². The fraction of sp³-hybridized carbons (Fsp3) is 0.867. The summed E-state index contributed by atoms with van der Waals surface area (Å²) in [6.07, 6.45) is 13.3. The highest BCUT2D eigenvalue weighted by Crippen LogP contribution is 2.88. The van der Waals surface area contributed by atoms with Crippen LogP contribution in [0.25, 0.3) is 0 Å². The van der Waals surface area contributed by atoms with Crippen molar-refractivity contribution in [2.75, 3.05) is 0 Å². The molecule has 2 bridgehead atoms. The van der Waals surface area contributed by atoms with Gasteiger partial charge >= 0.3 is 0 Å². The molecule has 6 rings (SSSR count). The number of allylic oxidation sites excluding steroid dienone is 2. The molecule has 2 spiro atoms. The Balaban J connectivity index is 1.60. The highest BCUT2D eigenvalue weighted by Gasteiger charge is 2.82. The van der Waals surface area contributed by atoms with Gasteiger partial charge < -0.3 is 0 Å². The summed E-state index contributed by atoms with van der Waals surface area (Å²) in [6, 6.07) is 0. The molecule has 0 unspecified atom stereocenters. The number of hydrogen-bond donors (Lipinski definition) is 0. The summed E-state index contributed by atoms with van der Waals surface area (Å²) in [7, 11) is 0. The van der Waals surface area contributed by atoms with Crippen LogP contribution in [0, 0.1) is 46.3 Å². The van der Waals surface area contributed by atoms with E-state index in [1.165, 1.54) is 23.7 Å². The van der Waals surface area contributed by atoms with Crippen molar-refractivity contribution in [1.82, 2.24) is 0 Å². The van der Waals surface area contributed by atoms with Gasteiger partial charge in [-0.1, -0.05) is 12.2 Å². The third kappa shape index (κ3) is 0.531. The molecule has 0 heterocycles. The molecule has 15 heavy (non-hydrogen) atoms. The van der Waals surface area contributed by atoms with Crippen LogP contribution in [-0.2, 0) is 0 Å². The Morgan fingerprint density at radius 3 is 2.40 bits per heavy atom.